The highest BCUT2D eigenvalue weighted by molar-refractivity contribution is 8.00. The Balaban J connectivity index is 1.76. The molecule has 0 aliphatic rings. The maximum Gasteiger partial charge on any atom is 0.0693 e. The Morgan fingerprint density at radius 3 is 2.13 bits per heavy atom. The Kier molecular flexibility index (Phi) is 4.18. The van der Waals surface area contributed by atoms with Gasteiger partial charge in [-0.1, -0.05) is 78.9 Å². The Labute approximate surface area is 144 Å². The van der Waals surface area contributed by atoms with E-state index in [1.54, 1.807) is 0 Å². The van der Waals surface area contributed by atoms with Crippen LogP contribution in [0.1, 0.15) is 5.56 Å². The summed E-state index contributed by atoms with van der Waals surface area (Å²) in [5.41, 5.74) is 4.06. The van der Waals surface area contributed by atoms with Crippen molar-refractivity contribution >= 4 is 33.2 Å². The molecule has 1 heterocycles. The molecule has 0 N–H and O–H groups in total. The largest absolute Gasteiger partial charge is 0.128 e. The number of thioether (sulfide) groups is 1. The third kappa shape index (κ3) is 3.05. The third-order valence-electron chi connectivity index (χ3n) is 3.84. The fourth-order valence-electron chi connectivity index (χ4n) is 2.73. The molecule has 2 heteroatoms. The molecule has 0 bridgehead atoms. The van der Waals surface area contributed by atoms with Crippen molar-refractivity contribution in [2.75, 3.05) is 0 Å². The average molecular weight is 332 g/mol. The van der Waals surface area contributed by atoms with Crippen LogP contribution in [-0.2, 0) is 5.75 Å². The lowest BCUT2D eigenvalue weighted by Crippen LogP contribution is -1.80. The quantitative estimate of drug-likeness (QED) is 0.368. The normalized spacial score (nSPS) is 11.0. The van der Waals surface area contributed by atoms with Gasteiger partial charge in [-0.2, -0.15) is 0 Å². The summed E-state index contributed by atoms with van der Waals surface area (Å²) in [7, 11) is 0. The highest BCUT2D eigenvalue weighted by Gasteiger charge is 2.14. The average Bonchev–Trinajstić information content (AvgIpc) is 3.00. The second kappa shape index (κ2) is 6.61. The first-order valence-corrected chi connectivity index (χ1v) is 9.46. The Hall–Kier alpha value is -2.03. The minimum Gasteiger partial charge on any atom is -0.128 e. The van der Waals surface area contributed by atoms with E-state index in [-0.39, 0.29) is 0 Å². The van der Waals surface area contributed by atoms with Crippen LogP contribution in [0.3, 0.4) is 0 Å². The minimum absolute atomic E-state index is 1.01. The predicted octanol–water partition coefficient (Wildman–Crippen LogP) is 6.86. The van der Waals surface area contributed by atoms with Gasteiger partial charge in [0.2, 0.25) is 0 Å². The molecule has 0 unspecified atom stereocenters. The number of hydrogen-bond acceptors (Lipinski definition) is 2. The lowest BCUT2D eigenvalue weighted by Gasteiger charge is -2.05. The summed E-state index contributed by atoms with van der Waals surface area (Å²) < 4.78 is 2.77. The van der Waals surface area contributed by atoms with E-state index in [2.05, 4.69) is 84.9 Å². The van der Waals surface area contributed by atoms with Gasteiger partial charge < -0.3 is 0 Å². The van der Waals surface area contributed by atoms with Gasteiger partial charge in [0.25, 0.3) is 0 Å². The third-order valence-corrected chi connectivity index (χ3v) is 6.35. The first-order valence-electron chi connectivity index (χ1n) is 7.65. The van der Waals surface area contributed by atoms with Crippen molar-refractivity contribution < 1.29 is 0 Å². The van der Waals surface area contributed by atoms with Crippen LogP contribution in [0.4, 0.5) is 0 Å². The second-order valence-electron chi connectivity index (χ2n) is 5.40. The summed E-state index contributed by atoms with van der Waals surface area (Å²) in [4.78, 5) is 0. The maximum atomic E-state index is 2.24. The molecular weight excluding hydrogens is 316 g/mol. The smallest absolute Gasteiger partial charge is 0.0693 e. The van der Waals surface area contributed by atoms with Crippen molar-refractivity contribution in [3.05, 3.63) is 90.5 Å². The van der Waals surface area contributed by atoms with Crippen LogP contribution in [-0.4, -0.2) is 0 Å². The molecule has 0 radical (unpaired) electrons. The van der Waals surface area contributed by atoms with Crippen LogP contribution in [0.5, 0.6) is 0 Å². The lowest BCUT2D eigenvalue weighted by atomic mass is 10.1. The molecule has 1 aromatic heterocycles. The van der Waals surface area contributed by atoms with Gasteiger partial charge in [0, 0.05) is 21.4 Å². The summed E-state index contributed by atoms with van der Waals surface area (Å²) in [6.45, 7) is 0. The molecular formula is C21H16S2. The molecule has 0 saturated carbocycles. The molecule has 4 aromatic rings. The van der Waals surface area contributed by atoms with E-state index in [0.717, 1.165) is 5.75 Å². The Bertz CT molecular complexity index is 908. The number of hydrogen-bond donors (Lipinski definition) is 0. The van der Waals surface area contributed by atoms with Crippen LogP contribution in [0, 0.1) is 0 Å². The lowest BCUT2D eigenvalue weighted by molar-refractivity contribution is 1.41. The van der Waals surface area contributed by atoms with Crippen molar-refractivity contribution in [2.24, 2.45) is 0 Å². The Morgan fingerprint density at radius 2 is 1.35 bits per heavy atom. The van der Waals surface area contributed by atoms with E-state index in [0.29, 0.717) is 0 Å². The van der Waals surface area contributed by atoms with Crippen molar-refractivity contribution in [2.45, 2.75) is 9.96 Å². The van der Waals surface area contributed by atoms with Crippen molar-refractivity contribution in [1.82, 2.24) is 0 Å². The number of fused-ring (bicyclic) bond motifs is 1. The zero-order valence-electron chi connectivity index (χ0n) is 12.6. The monoisotopic (exact) mass is 332 g/mol. The Morgan fingerprint density at radius 1 is 0.696 bits per heavy atom. The fraction of sp³-hybridized carbons (Fsp3) is 0.0476. The first kappa shape index (κ1) is 14.6. The predicted molar refractivity (Wildman–Crippen MR) is 103 cm³/mol. The SMILES string of the molecule is c1ccc(CSc2sc3ccccc3c2-c2ccccc2)cc1. The zero-order chi connectivity index (χ0) is 15.5. The van der Waals surface area contributed by atoms with E-state index in [1.165, 1.54) is 31.0 Å². The summed E-state index contributed by atoms with van der Waals surface area (Å²) in [5, 5.41) is 1.36. The number of thiophene rings is 1. The highest BCUT2D eigenvalue weighted by atomic mass is 32.2. The van der Waals surface area contributed by atoms with Crippen LogP contribution in [0.25, 0.3) is 21.2 Å². The highest BCUT2D eigenvalue weighted by Crippen LogP contribution is 2.44. The molecule has 0 fully saturated rings. The summed E-state index contributed by atoms with van der Waals surface area (Å²) in [6.07, 6.45) is 0. The van der Waals surface area contributed by atoms with Gasteiger partial charge in [-0.25, -0.2) is 0 Å². The molecule has 0 nitrogen and oxygen atoms in total. The molecule has 0 saturated heterocycles. The second-order valence-corrected chi connectivity index (χ2v) is 7.70. The van der Waals surface area contributed by atoms with Crippen LogP contribution in [0.15, 0.2) is 89.1 Å². The van der Waals surface area contributed by atoms with Gasteiger partial charge in [-0.3, -0.25) is 0 Å². The molecule has 3 aromatic carbocycles. The van der Waals surface area contributed by atoms with E-state index in [4.69, 9.17) is 0 Å². The molecule has 0 atom stereocenters. The molecule has 0 aliphatic heterocycles. The van der Waals surface area contributed by atoms with Crippen LogP contribution < -0.4 is 0 Å². The fourth-order valence-corrected chi connectivity index (χ4v) is 5.23. The number of rotatable bonds is 4. The van der Waals surface area contributed by atoms with Gasteiger partial charge in [-0.15, -0.1) is 23.1 Å². The molecule has 112 valence electrons. The summed E-state index contributed by atoms with van der Waals surface area (Å²) in [6, 6.07) is 30.1. The van der Waals surface area contributed by atoms with Gasteiger partial charge in [-0.05, 0) is 17.2 Å². The van der Waals surface area contributed by atoms with E-state index in [9.17, 15) is 0 Å². The van der Waals surface area contributed by atoms with Crippen molar-refractivity contribution in [1.29, 1.82) is 0 Å². The van der Waals surface area contributed by atoms with E-state index in [1.807, 2.05) is 23.1 Å². The van der Waals surface area contributed by atoms with Crippen molar-refractivity contribution in [3.63, 3.8) is 0 Å². The summed E-state index contributed by atoms with van der Waals surface area (Å²) >= 11 is 3.84. The van der Waals surface area contributed by atoms with Gasteiger partial charge in [0.1, 0.15) is 0 Å². The molecule has 4 rings (SSSR count). The minimum atomic E-state index is 1.01. The standard InChI is InChI=1S/C21H16S2/c1-3-9-16(10-4-1)15-22-21-20(17-11-5-2-6-12-17)18-13-7-8-14-19(18)23-21/h1-14H,15H2. The van der Waals surface area contributed by atoms with Gasteiger partial charge in [0.05, 0.1) is 4.21 Å². The van der Waals surface area contributed by atoms with Gasteiger partial charge in [0.15, 0.2) is 0 Å². The van der Waals surface area contributed by atoms with E-state index >= 15 is 0 Å². The summed E-state index contributed by atoms with van der Waals surface area (Å²) in [5.74, 6) is 1.01. The molecule has 0 spiro atoms. The first-order chi connectivity index (χ1) is 11.4. The molecule has 0 aliphatic carbocycles. The van der Waals surface area contributed by atoms with Crippen LogP contribution in [0.2, 0.25) is 0 Å². The van der Waals surface area contributed by atoms with E-state index < -0.39 is 0 Å². The maximum absolute atomic E-state index is 2.24. The molecule has 23 heavy (non-hydrogen) atoms. The van der Waals surface area contributed by atoms with Crippen molar-refractivity contribution in [3.8, 4) is 11.1 Å². The molecule has 0 amide bonds. The van der Waals surface area contributed by atoms with Gasteiger partial charge >= 0.3 is 0 Å². The van der Waals surface area contributed by atoms with Crippen LogP contribution >= 0.6 is 23.1 Å². The number of benzene rings is 3. The topological polar surface area (TPSA) is 0 Å². The zero-order valence-corrected chi connectivity index (χ0v) is 14.2.